The number of aromatic nitrogens is 4. The molecule has 7 nitrogen and oxygen atoms in total. The van der Waals surface area contributed by atoms with Gasteiger partial charge >= 0.3 is 0 Å². The lowest BCUT2D eigenvalue weighted by molar-refractivity contribution is -0.121. The molecule has 0 fully saturated rings. The van der Waals surface area contributed by atoms with Crippen LogP contribution in [0.4, 0.5) is 5.69 Å². The van der Waals surface area contributed by atoms with Crippen molar-refractivity contribution in [3.05, 3.63) is 34.7 Å². The molecule has 7 heteroatoms. The first-order valence-electron chi connectivity index (χ1n) is 8.79. The van der Waals surface area contributed by atoms with Crippen LogP contribution in [0, 0.1) is 13.8 Å². The van der Waals surface area contributed by atoms with E-state index < -0.39 is 0 Å². The fraction of sp³-hybridized carbons (Fsp3) is 0.556. The molecule has 1 aliphatic heterocycles. The molecule has 0 saturated carbocycles. The van der Waals surface area contributed by atoms with Gasteiger partial charge in [0.05, 0.1) is 28.8 Å². The summed E-state index contributed by atoms with van der Waals surface area (Å²) in [6.07, 6.45) is 3.64. The van der Waals surface area contributed by atoms with Crippen LogP contribution < -0.4 is 5.32 Å². The molecule has 1 N–H and O–H groups in total. The number of carbonyl (C=O) groups is 1. The number of anilines is 1. The number of nitrogens with one attached hydrogen (secondary N) is 1. The van der Waals surface area contributed by atoms with E-state index in [2.05, 4.69) is 32.2 Å². The molecule has 2 aromatic rings. The second-order valence-corrected chi connectivity index (χ2v) is 6.67. The molecule has 25 heavy (non-hydrogen) atoms. The topological polar surface area (TPSA) is 75.9 Å². The maximum atomic E-state index is 12.7. The van der Waals surface area contributed by atoms with E-state index in [1.807, 2.05) is 34.0 Å². The standard InChI is InChI=1S/C18H26N6O/c1-6-16-19-9-14-7-8-24(10-15(14)20-16)13(4)18(25)21-17-11(2)22-23(5)12(17)3/h9,13H,6-8,10H2,1-5H3,(H,21,25). The Bertz CT molecular complexity index is 797. The molecule has 1 amide bonds. The Hall–Kier alpha value is -2.28. The highest BCUT2D eigenvalue weighted by atomic mass is 16.2. The average molecular weight is 342 g/mol. The quantitative estimate of drug-likeness (QED) is 0.916. The fourth-order valence-corrected chi connectivity index (χ4v) is 3.21. The van der Waals surface area contributed by atoms with Crippen LogP contribution in [0.5, 0.6) is 0 Å². The van der Waals surface area contributed by atoms with Gasteiger partial charge in [0.2, 0.25) is 5.91 Å². The Morgan fingerprint density at radius 3 is 2.80 bits per heavy atom. The third-order valence-electron chi connectivity index (χ3n) is 5.03. The summed E-state index contributed by atoms with van der Waals surface area (Å²) in [6, 6.07) is -0.229. The van der Waals surface area contributed by atoms with E-state index in [0.717, 1.165) is 48.0 Å². The summed E-state index contributed by atoms with van der Waals surface area (Å²) in [5.74, 6) is 0.853. The summed E-state index contributed by atoms with van der Waals surface area (Å²) in [5, 5.41) is 7.40. The van der Waals surface area contributed by atoms with Crippen LogP contribution in [0.25, 0.3) is 0 Å². The smallest absolute Gasteiger partial charge is 0.241 e. The Labute approximate surface area is 148 Å². The highest BCUT2D eigenvalue weighted by molar-refractivity contribution is 5.95. The summed E-state index contributed by atoms with van der Waals surface area (Å²) >= 11 is 0. The van der Waals surface area contributed by atoms with Gasteiger partial charge in [0, 0.05) is 32.8 Å². The molecule has 1 aliphatic rings. The molecule has 3 rings (SSSR count). The number of rotatable bonds is 4. The zero-order valence-electron chi connectivity index (χ0n) is 15.6. The predicted molar refractivity (Wildman–Crippen MR) is 96.3 cm³/mol. The van der Waals surface area contributed by atoms with Crippen LogP contribution in [0.15, 0.2) is 6.20 Å². The van der Waals surface area contributed by atoms with E-state index >= 15 is 0 Å². The molecule has 0 saturated heterocycles. The highest BCUT2D eigenvalue weighted by Crippen LogP contribution is 2.22. The van der Waals surface area contributed by atoms with Crippen LogP contribution in [0.3, 0.4) is 0 Å². The summed E-state index contributed by atoms with van der Waals surface area (Å²) in [5.41, 5.74) is 4.85. The first-order chi connectivity index (χ1) is 11.9. The van der Waals surface area contributed by atoms with Gasteiger partial charge in [0.15, 0.2) is 0 Å². The number of nitrogens with zero attached hydrogens (tertiary/aromatic N) is 5. The number of hydrogen-bond acceptors (Lipinski definition) is 5. The van der Waals surface area contributed by atoms with Gasteiger partial charge in [-0.1, -0.05) is 6.92 Å². The second kappa shape index (κ2) is 6.92. The summed E-state index contributed by atoms with van der Waals surface area (Å²) in [7, 11) is 1.88. The summed E-state index contributed by atoms with van der Waals surface area (Å²) in [6.45, 7) is 9.39. The van der Waals surface area contributed by atoms with E-state index in [-0.39, 0.29) is 11.9 Å². The van der Waals surface area contributed by atoms with Gasteiger partial charge in [-0.25, -0.2) is 9.97 Å². The van der Waals surface area contributed by atoms with Crippen molar-refractivity contribution in [1.82, 2.24) is 24.6 Å². The van der Waals surface area contributed by atoms with Crippen LogP contribution >= 0.6 is 0 Å². The minimum atomic E-state index is -0.229. The molecule has 2 aromatic heterocycles. The van der Waals surface area contributed by atoms with Crippen molar-refractivity contribution in [3.63, 3.8) is 0 Å². The highest BCUT2D eigenvalue weighted by Gasteiger charge is 2.27. The van der Waals surface area contributed by atoms with Crippen molar-refractivity contribution < 1.29 is 4.79 Å². The Morgan fingerprint density at radius 2 is 2.16 bits per heavy atom. The summed E-state index contributed by atoms with van der Waals surface area (Å²) < 4.78 is 1.79. The Balaban J connectivity index is 1.72. The van der Waals surface area contributed by atoms with Gasteiger partial charge in [-0.2, -0.15) is 5.10 Å². The molecule has 0 radical (unpaired) electrons. The van der Waals surface area contributed by atoms with Crippen LogP contribution in [-0.2, 0) is 31.2 Å². The normalized spacial score (nSPS) is 15.7. The first kappa shape index (κ1) is 17.5. The first-order valence-corrected chi connectivity index (χ1v) is 8.79. The second-order valence-electron chi connectivity index (χ2n) is 6.67. The van der Waals surface area contributed by atoms with E-state index in [1.165, 1.54) is 5.56 Å². The summed E-state index contributed by atoms with van der Waals surface area (Å²) in [4.78, 5) is 23.9. The monoisotopic (exact) mass is 342 g/mol. The zero-order chi connectivity index (χ0) is 18.1. The molecular weight excluding hydrogens is 316 g/mol. The lowest BCUT2D eigenvalue weighted by atomic mass is 10.0. The maximum absolute atomic E-state index is 12.7. The van der Waals surface area contributed by atoms with Crippen molar-refractivity contribution in [3.8, 4) is 0 Å². The van der Waals surface area contributed by atoms with Gasteiger partial charge in [-0.05, 0) is 32.8 Å². The number of fused-ring (bicyclic) bond motifs is 1. The van der Waals surface area contributed by atoms with Crippen molar-refractivity contribution in [2.45, 2.75) is 53.1 Å². The lowest BCUT2D eigenvalue weighted by Crippen LogP contribution is -2.45. The zero-order valence-corrected chi connectivity index (χ0v) is 15.6. The van der Waals surface area contributed by atoms with Gasteiger partial charge in [-0.3, -0.25) is 14.4 Å². The molecule has 1 atom stereocenters. The number of aryl methyl sites for hydroxylation is 3. The molecule has 0 aromatic carbocycles. The van der Waals surface area contributed by atoms with Gasteiger partial charge < -0.3 is 5.32 Å². The van der Waals surface area contributed by atoms with Gasteiger partial charge in [-0.15, -0.1) is 0 Å². The third kappa shape index (κ3) is 3.42. The molecule has 0 spiro atoms. The van der Waals surface area contributed by atoms with Gasteiger partial charge in [0.25, 0.3) is 0 Å². The maximum Gasteiger partial charge on any atom is 0.241 e. The molecule has 3 heterocycles. The third-order valence-corrected chi connectivity index (χ3v) is 5.03. The molecule has 0 bridgehead atoms. The molecular formula is C18H26N6O. The van der Waals surface area contributed by atoms with Crippen molar-refractivity contribution >= 4 is 11.6 Å². The lowest BCUT2D eigenvalue weighted by Gasteiger charge is -2.32. The largest absolute Gasteiger partial charge is 0.322 e. The fourth-order valence-electron chi connectivity index (χ4n) is 3.21. The van der Waals surface area contributed by atoms with E-state index in [9.17, 15) is 4.79 Å². The molecule has 1 unspecified atom stereocenters. The molecule has 0 aliphatic carbocycles. The van der Waals surface area contributed by atoms with Gasteiger partial charge in [0.1, 0.15) is 5.82 Å². The van der Waals surface area contributed by atoms with Crippen LogP contribution in [-0.4, -0.2) is 43.1 Å². The number of carbonyl (C=O) groups excluding carboxylic acids is 1. The number of hydrogen-bond donors (Lipinski definition) is 1. The average Bonchev–Trinajstić information content (AvgIpc) is 2.86. The Kier molecular flexibility index (Phi) is 4.85. The minimum absolute atomic E-state index is 0.00702. The van der Waals surface area contributed by atoms with E-state index in [0.29, 0.717) is 6.54 Å². The van der Waals surface area contributed by atoms with E-state index in [1.54, 1.807) is 4.68 Å². The predicted octanol–water partition coefficient (Wildman–Crippen LogP) is 1.77. The van der Waals surface area contributed by atoms with Crippen LogP contribution in [0.1, 0.15) is 42.3 Å². The SMILES string of the molecule is CCc1ncc2c(n1)CN(C(C)C(=O)Nc1c(C)nn(C)c1C)CC2. The number of amides is 1. The minimum Gasteiger partial charge on any atom is -0.322 e. The Morgan fingerprint density at radius 1 is 1.40 bits per heavy atom. The van der Waals surface area contributed by atoms with E-state index in [4.69, 9.17) is 0 Å². The van der Waals surface area contributed by atoms with Crippen molar-refractivity contribution in [2.24, 2.45) is 7.05 Å². The van der Waals surface area contributed by atoms with Crippen molar-refractivity contribution in [2.75, 3.05) is 11.9 Å². The van der Waals surface area contributed by atoms with Crippen molar-refractivity contribution in [1.29, 1.82) is 0 Å². The van der Waals surface area contributed by atoms with Crippen LogP contribution in [0.2, 0.25) is 0 Å². The molecule has 134 valence electrons.